The maximum atomic E-state index is 12.6. The maximum Gasteiger partial charge on any atom is 0.260 e. The highest BCUT2D eigenvalue weighted by molar-refractivity contribution is 6.05. The summed E-state index contributed by atoms with van der Waals surface area (Å²) in [6.45, 7) is 3.74. The first-order valence-corrected chi connectivity index (χ1v) is 9.24. The summed E-state index contributed by atoms with van der Waals surface area (Å²) in [6.07, 6.45) is 0. The number of hydrogen-bond donors (Lipinski definition) is 4. The third kappa shape index (κ3) is 5.09. The Bertz CT molecular complexity index is 1070. The second kappa shape index (κ2) is 10.4. The van der Waals surface area contributed by atoms with Gasteiger partial charge in [-0.3, -0.25) is 14.6 Å². The number of rotatable bonds is 4. The summed E-state index contributed by atoms with van der Waals surface area (Å²) in [6, 6.07) is 12.3. The molecule has 1 fully saturated rings. The molecule has 1 aromatic heterocycles. The average molecular weight is 451 g/mol. The number of H-pyrrole nitrogens is 1. The zero-order chi connectivity index (χ0) is 19.5. The zero-order valence-corrected chi connectivity index (χ0v) is 17.8. The summed E-state index contributed by atoms with van der Waals surface area (Å²) in [4.78, 5) is 34.5. The lowest BCUT2D eigenvalue weighted by Crippen LogP contribution is -2.44. The number of carbonyl (C=O) groups excluding carboxylic acids is 1. The number of fused-ring (bicyclic) bond motifs is 1. The quantitative estimate of drug-likeness (QED) is 0.482. The monoisotopic (exact) mass is 450 g/mol. The number of benzene rings is 2. The largest absolute Gasteiger partial charge is 0.340 e. The molecule has 10 heteroatoms. The minimum absolute atomic E-state index is 0. The van der Waals surface area contributed by atoms with Crippen molar-refractivity contribution in [1.82, 2.24) is 15.3 Å². The lowest BCUT2D eigenvalue weighted by atomic mass is 10.1. The molecule has 0 saturated carbocycles. The van der Waals surface area contributed by atoms with Crippen LogP contribution in [0.15, 0.2) is 47.3 Å². The molecule has 2 aromatic carbocycles. The van der Waals surface area contributed by atoms with Crippen LogP contribution in [0.5, 0.6) is 0 Å². The molecule has 0 atom stereocenters. The Balaban J connectivity index is 0.00000160. The fourth-order valence-corrected chi connectivity index (χ4v) is 3.23. The number of nitrogens with two attached hydrogens (primary N) is 1. The number of halogens is 2. The van der Waals surface area contributed by atoms with Crippen LogP contribution in [0.2, 0.25) is 0 Å². The second-order valence-electron chi connectivity index (χ2n) is 6.71. The van der Waals surface area contributed by atoms with Crippen molar-refractivity contribution in [2.75, 3.05) is 36.4 Å². The number of aromatic nitrogens is 2. The molecule has 160 valence electrons. The smallest absolute Gasteiger partial charge is 0.260 e. The molecule has 0 bridgehead atoms. The van der Waals surface area contributed by atoms with Crippen LogP contribution in [0.4, 0.5) is 11.6 Å². The van der Waals surface area contributed by atoms with E-state index < -0.39 is 0 Å². The Morgan fingerprint density at radius 2 is 1.80 bits per heavy atom. The van der Waals surface area contributed by atoms with E-state index in [4.69, 9.17) is 5.73 Å². The molecular weight excluding hydrogens is 427 g/mol. The Labute approximate surface area is 186 Å². The van der Waals surface area contributed by atoms with Crippen LogP contribution in [0.1, 0.15) is 15.9 Å². The van der Waals surface area contributed by atoms with Gasteiger partial charge in [0.15, 0.2) is 0 Å². The summed E-state index contributed by atoms with van der Waals surface area (Å²) < 4.78 is 0. The minimum Gasteiger partial charge on any atom is -0.340 e. The molecule has 2 heterocycles. The lowest BCUT2D eigenvalue weighted by molar-refractivity contribution is 0.102. The maximum absolute atomic E-state index is 12.6. The molecule has 1 saturated heterocycles. The summed E-state index contributed by atoms with van der Waals surface area (Å²) >= 11 is 0. The third-order valence-corrected chi connectivity index (χ3v) is 4.82. The number of anilines is 2. The van der Waals surface area contributed by atoms with Gasteiger partial charge in [0.2, 0.25) is 5.95 Å². The van der Waals surface area contributed by atoms with Crippen LogP contribution in [0.25, 0.3) is 10.9 Å². The van der Waals surface area contributed by atoms with Gasteiger partial charge in [-0.25, -0.2) is 4.98 Å². The first-order chi connectivity index (χ1) is 13.6. The van der Waals surface area contributed by atoms with Gasteiger partial charge in [0.05, 0.1) is 10.9 Å². The van der Waals surface area contributed by atoms with Gasteiger partial charge in [-0.1, -0.05) is 12.1 Å². The van der Waals surface area contributed by atoms with E-state index in [0.29, 0.717) is 34.6 Å². The zero-order valence-electron chi connectivity index (χ0n) is 16.2. The molecule has 1 aliphatic heterocycles. The molecule has 0 aliphatic carbocycles. The van der Waals surface area contributed by atoms with Gasteiger partial charge in [0.1, 0.15) is 0 Å². The Kier molecular flexibility index (Phi) is 8.19. The number of carbonyl (C=O) groups is 1. The van der Waals surface area contributed by atoms with E-state index >= 15 is 0 Å². The van der Waals surface area contributed by atoms with Crippen LogP contribution < -0.4 is 26.8 Å². The topological polar surface area (TPSA) is 116 Å². The molecule has 8 nitrogen and oxygen atoms in total. The molecule has 0 spiro atoms. The van der Waals surface area contributed by atoms with Crippen molar-refractivity contribution in [1.29, 1.82) is 0 Å². The van der Waals surface area contributed by atoms with Crippen molar-refractivity contribution in [3.8, 4) is 0 Å². The lowest BCUT2D eigenvalue weighted by Gasteiger charge is -2.27. The van der Waals surface area contributed by atoms with Crippen molar-refractivity contribution in [2.45, 2.75) is 6.54 Å². The fraction of sp³-hybridized carbons (Fsp3) is 0.250. The van der Waals surface area contributed by atoms with E-state index in [2.05, 4.69) is 25.5 Å². The third-order valence-electron chi connectivity index (χ3n) is 4.82. The van der Waals surface area contributed by atoms with Crippen LogP contribution in [0, 0.1) is 0 Å². The highest BCUT2D eigenvalue weighted by Crippen LogP contribution is 2.18. The minimum atomic E-state index is -0.246. The van der Waals surface area contributed by atoms with E-state index in [0.717, 1.165) is 31.7 Å². The predicted octanol–water partition coefficient (Wildman–Crippen LogP) is 1.89. The summed E-state index contributed by atoms with van der Waals surface area (Å²) in [5, 5.41) is 6.54. The molecule has 4 rings (SSSR count). The number of piperazine rings is 1. The molecule has 5 N–H and O–H groups in total. The van der Waals surface area contributed by atoms with Crippen molar-refractivity contribution in [3.05, 3.63) is 63.9 Å². The van der Waals surface area contributed by atoms with Crippen LogP contribution in [0.3, 0.4) is 0 Å². The van der Waals surface area contributed by atoms with Crippen LogP contribution in [-0.2, 0) is 6.54 Å². The first-order valence-electron chi connectivity index (χ1n) is 9.24. The number of nitrogens with zero attached hydrogens (tertiary/aromatic N) is 2. The van der Waals surface area contributed by atoms with Gasteiger partial charge in [-0.2, -0.15) is 0 Å². The number of nitrogens with one attached hydrogen (secondary N) is 3. The summed E-state index contributed by atoms with van der Waals surface area (Å²) in [5.41, 5.74) is 7.99. The van der Waals surface area contributed by atoms with Crippen LogP contribution >= 0.6 is 24.8 Å². The van der Waals surface area contributed by atoms with Gasteiger partial charge in [-0.15, -0.1) is 24.8 Å². The molecule has 1 aliphatic rings. The Morgan fingerprint density at radius 3 is 2.47 bits per heavy atom. The van der Waals surface area contributed by atoms with Crippen molar-refractivity contribution in [3.63, 3.8) is 0 Å². The Hall–Kier alpha value is -2.65. The van der Waals surface area contributed by atoms with Gasteiger partial charge in [0.25, 0.3) is 11.5 Å². The molecule has 0 unspecified atom stereocenters. The SMILES string of the molecule is Cl.Cl.NCc1ccc(C(=O)Nc2ccc3nc(N4CCNCC4)[nH]c(=O)c3c2)cc1. The number of aromatic amines is 1. The second-order valence-corrected chi connectivity index (χ2v) is 6.71. The van der Waals surface area contributed by atoms with Crippen molar-refractivity contribution in [2.24, 2.45) is 5.73 Å². The highest BCUT2D eigenvalue weighted by atomic mass is 35.5. The number of amides is 1. The van der Waals surface area contributed by atoms with Crippen molar-refractivity contribution < 1.29 is 4.79 Å². The molecule has 3 aromatic rings. The predicted molar refractivity (Wildman–Crippen MR) is 124 cm³/mol. The molecule has 1 amide bonds. The molecule has 0 radical (unpaired) electrons. The average Bonchev–Trinajstić information content (AvgIpc) is 2.74. The van der Waals surface area contributed by atoms with Gasteiger partial charge in [-0.05, 0) is 35.9 Å². The standard InChI is InChI=1S/C20H22N6O2.2ClH/c21-12-13-1-3-14(4-2-13)18(27)23-15-5-6-17-16(11-15)19(28)25-20(24-17)26-9-7-22-8-10-26;;/h1-6,11,22H,7-10,12,21H2,(H,23,27)(H,24,25,28);2*1H. The summed E-state index contributed by atoms with van der Waals surface area (Å²) in [5.74, 6) is 0.334. The van der Waals surface area contributed by atoms with E-state index in [1.807, 2.05) is 12.1 Å². The Morgan fingerprint density at radius 1 is 1.10 bits per heavy atom. The van der Waals surface area contributed by atoms with E-state index in [-0.39, 0.29) is 36.3 Å². The van der Waals surface area contributed by atoms with Crippen molar-refractivity contribution >= 4 is 53.3 Å². The number of hydrogen-bond acceptors (Lipinski definition) is 6. The van der Waals surface area contributed by atoms with E-state index in [1.165, 1.54) is 0 Å². The van der Waals surface area contributed by atoms with Gasteiger partial charge < -0.3 is 21.3 Å². The van der Waals surface area contributed by atoms with E-state index in [1.54, 1.807) is 30.3 Å². The fourth-order valence-electron chi connectivity index (χ4n) is 3.23. The van der Waals surface area contributed by atoms with Crippen LogP contribution in [-0.4, -0.2) is 42.1 Å². The molecular formula is C20H24Cl2N6O2. The normalized spacial score (nSPS) is 13.3. The first kappa shape index (κ1) is 23.6. The van der Waals surface area contributed by atoms with E-state index in [9.17, 15) is 9.59 Å². The summed E-state index contributed by atoms with van der Waals surface area (Å²) in [7, 11) is 0. The molecule has 30 heavy (non-hydrogen) atoms. The van der Waals surface area contributed by atoms with Gasteiger partial charge in [0, 0.05) is 44.0 Å². The highest BCUT2D eigenvalue weighted by Gasteiger charge is 2.15. The van der Waals surface area contributed by atoms with Gasteiger partial charge >= 0.3 is 0 Å².